The third kappa shape index (κ3) is 2.92. The molecule has 118 valence electrons. The number of nitriles is 1. The van der Waals surface area contributed by atoms with Crippen molar-refractivity contribution in [1.82, 2.24) is 0 Å². The molecule has 0 atom stereocenters. The molecule has 2 aromatic rings. The molecule has 0 saturated carbocycles. The molecule has 0 aliphatic rings. The summed E-state index contributed by atoms with van der Waals surface area (Å²) in [5.41, 5.74) is -0.377. The summed E-state index contributed by atoms with van der Waals surface area (Å²) in [5, 5.41) is 19.4. The van der Waals surface area contributed by atoms with Gasteiger partial charge in [0.1, 0.15) is 0 Å². The van der Waals surface area contributed by atoms with Crippen molar-refractivity contribution in [2.24, 2.45) is 0 Å². The van der Waals surface area contributed by atoms with E-state index >= 15 is 0 Å². The monoisotopic (exact) mass is 352 g/mol. The molecule has 0 N–H and O–H groups in total. The van der Waals surface area contributed by atoms with Crippen LogP contribution in [-0.2, 0) is 17.7 Å². The summed E-state index contributed by atoms with van der Waals surface area (Å²) in [5.74, 6) is 0. The van der Waals surface area contributed by atoms with Gasteiger partial charge in [0.25, 0.3) is 23.4 Å². The first-order valence-electron chi connectivity index (χ1n) is 5.95. The van der Waals surface area contributed by atoms with Crippen LogP contribution in [-0.4, -0.2) is 21.8 Å². The second-order valence-electron chi connectivity index (χ2n) is 4.30. The average Bonchev–Trinajstić information content (AvgIpc) is 2.54. The first-order valence-corrected chi connectivity index (χ1v) is 9.43. The van der Waals surface area contributed by atoms with Crippen molar-refractivity contribution >= 4 is 23.4 Å². The average molecular weight is 352 g/mol. The summed E-state index contributed by atoms with van der Waals surface area (Å²) >= 11 is 0. The number of nitro benzene ring substituents is 1. The summed E-state index contributed by atoms with van der Waals surface area (Å²) in [7, 11) is -9.70. The Morgan fingerprint density at radius 3 is 2.00 bits per heavy atom. The second-order valence-corrected chi connectivity index (χ2v) is 9.69. The maximum absolute atomic E-state index is 12.3. The Hall–Kier alpha value is -2.77. The van der Waals surface area contributed by atoms with E-state index in [1.54, 1.807) is 6.07 Å². The molecule has 10 heteroatoms. The van der Waals surface area contributed by atoms with Gasteiger partial charge in [-0.3, -0.25) is 10.1 Å². The Kier molecular flexibility index (Phi) is 4.18. The van der Waals surface area contributed by atoms with Crippen molar-refractivity contribution in [3.05, 3.63) is 64.2 Å². The highest BCUT2D eigenvalue weighted by Gasteiger charge is 2.34. The van der Waals surface area contributed by atoms with Crippen molar-refractivity contribution in [2.75, 3.05) is 0 Å². The summed E-state index contributed by atoms with van der Waals surface area (Å²) in [6.45, 7) is 0. The molecule has 2 rings (SSSR count). The number of nitro groups is 1. The molecule has 8 nitrogen and oxygen atoms in total. The maximum atomic E-state index is 12.3. The molecule has 2 aromatic carbocycles. The van der Waals surface area contributed by atoms with Gasteiger partial charge >= 0.3 is 0 Å². The van der Waals surface area contributed by atoms with E-state index in [0.29, 0.717) is 6.07 Å². The fourth-order valence-electron chi connectivity index (χ4n) is 1.70. The lowest BCUT2D eigenvalue weighted by Gasteiger charge is -2.06. The Bertz CT molecular complexity index is 1020. The summed E-state index contributed by atoms with van der Waals surface area (Å²) in [6.07, 6.45) is 0. The lowest BCUT2D eigenvalue weighted by molar-refractivity contribution is -0.385. The van der Waals surface area contributed by atoms with E-state index < -0.39 is 38.1 Å². The minimum absolute atomic E-state index is 0.164. The summed E-state index contributed by atoms with van der Waals surface area (Å²) in [6, 6.07) is 9.85. The molecule has 0 saturated heterocycles. The quantitative estimate of drug-likeness (QED) is 0.463. The Labute approximate surface area is 131 Å². The SMILES string of the molecule is N#Cc1ccc(S(=O)(=O)S(=O)(=O)c2cccc([N+](=O)[O-])c2)cc1. The predicted molar refractivity (Wildman–Crippen MR) is 78.6 cm³/mol. The van der Waals surface area contributed by atoms with Crippen molar-refractivity contribution < 1.29 is 21.8 Å². The van der Waals surface area contributed by atoms with E-state index in [1.165, 1.54) is 0 Å². The smallest absolute Gasteiger partial charge is 0.258 e. The topological polar surface area (TPSA) is 135 Å². The fraction of sp³-hybridized carbons (Fsp3) is 0. The Morgan fingerprint density at radius 2 is 1.48 bits per heavy atom. The van der Waals surface area contributed by atoms with Crippen LogP contribution in [0.5, 0.6) is 0 Å². The molecule has 0 fully saturated rings. The van der Waals surface area contributed by atoms with Crippen LogP contribution >= 0.6 is 0 Å². The molecule has 0 aliphatic carbocycles. The highest BCUT2D eigenvalue weighted by molar-refractivity contribution is 8.67. The number of non-ortho nitro benzene ring substituents is 1. The third-order valence-electron chi connectivity index (χ3n) is 2.88. The van der Waals surface area contributed by atoms with Gasteiger partial charge in [0, 0.05) is 12.1 Å². The molecule has 0 amide bonds. The van der Waals surface area contributed by atoms with Crippen LogP contribution in [0.3, 0.4) is 0 Å². The van der Waals surface area contributed by atoms with Gasteiger partial charge in [0.15, 0.2) is 0 Å². The zero-order chi connectivity index (χ0) is 17.3. The van der Waals surface area contributed by atoms with E-state index in [0.717, 1.165) is 42.5 Å². The molecule has 0 aromatic heterocycles. The number of nitrogens with zero attached hydrogens (tertiary/aromatic N) is 2. The third-order valence-corrected chi connectivity index (χ3v) is 8.02. The highest BCUT2D eigenvalue weighted by atomic mass is 33.2. The van der Waals surface area contributed by atoms with Gasteiger partial charge in [-0.1, -0.05) is 6.07 Å². The number of hydrogen-bond acceptors (Lipinski definition) is 7. The second kappa shape index (κ2) is 5.79. The molecular weight excluding hydrogens is 344 g/mol. The molecular formula is C13H8N2O6S2. The van der Waals surface area contributed by atoms with Crippen molar-refractivity contribution in [3.63, 3.8) is 0 Å². The summed E-state index contributed by atoms with van der Waals surface area (Å²) < 4.78 is 49.2. The standard InChI is InChI=1S/C13H8N2O6S2/c14-9-10-4-6-12(7-5-10)22(18,19)23(20,21)13-3-1-2-11(8-13)15(16)17/h1-8H. The van der Waals surface area contributed by atoms with Gasteiger partial charge in [-0.15, -0.1) is 0 Å². The normalized spacial score (nSPS) is 11.6. The highest BCUT2D eigenvalue weighted by Crippen LogP contribution is 2.27. The van der Waals surface area contributed by atoms with E-state index in [-0.39, 0.29) is 5.56 Å². The van der Waals surface area contributed by atoms with Gasteiger partial charge in [-0.05, 0) is 30.3 Å². The number of hydrogen-bond donors (Lipinski definition) is 0. The van der Waals surface area contributed by atoms with Gasteiger partial charge in [0.2, 0.25) is 0 Å². The largest absolute Gasteiger partial charge is 0.286 e. The van der Waals surface area contributed by atoms with E-state index in [1.807, 2.05) is 0 Å². The minimum atomic E-state index is -4.88. The Balaban J connectivity index is 2.59. The van der Waals surface area contributed by atoms with Gasteiger partial charge < -0.3 is 0 Å². The van der Waals surface area contributed by atoms with Gasteiger partial charge in [-0.25, -0.2) is 16.8 Å². The van der Waals surface area contributed by atoms with Crippen LogP contribution in [0.15, 0.2) is 58.3 Å². The zero-order valence-electron chi connectivity index (χ0n) is 11.3. The first kappa shape index (κ1) is 16.6. The summed E-state index contributed by atoms with van der Waals surface area (Å²) in [4.78, 5) is 8.65. The van der Waals surface area contributed by atoms with Crippen LogP contribution in [0.2, 0.25) is 0 Å². The number of rotatable bonds is 4. The maximum Gasteiger partial charge on any atom is 0.286 e. The predicted octanol–water partition coefficient (Wildman–Crippen LogP) is 1.63. The zero-order valence-corrected chi connectivity index (χ0v) is 12.9. The molecule has 0 bridgehead atoms. The number of benzene rings is 2. The van der Waals surface area contributed by atoms with Crippen LogP contribution in [0.4, 0.5) is 5.69 Å². The van der Waals surface area contributed by atoms with Crippen molar-refractivity contribution in [2.45, 2.75) is 9.79 Å². The fourth-order valence-corrected chi connectivity index (χ4v) is 5.35. The minimum Gasteiger partial charge on any atom is -0.258 e. The van der Waals surface area contributed by atoms with Gasteiger partial charge in [-0.2, -0.15) is 5.26 Å². The van der Waals surface area contributed by atoms with Crippen molar-refractivity contribution in [1.29, 1.82) is 5.26 Å². The van der Waals surface area contributed by atoms with Crippen LogP contribution < -0.4 is 0 Å². The van der Waals surface area contributed by atoms with E-state index in [4.69, 9.17) is 5.26 Å². The molecule has 0 unspecified atom stereocenters. The molecule has 0 heterocycles. The van der Waals surface area contributed by atoms with Crippen LogP contribution in [0.25, 0.3) is 0 Å². The first-order chi connectivity index (χ1) is 10.7. The lowest BCUT2D eigenvalue weighted by atomic mass is 10.2. The lowest BCUT2D eigenvalue weighted by Crippen LogP contribution is -2.16. The Morgan fingerprint density at radius 1 is 0.913 bits per heavy atom. The molecule has 23 heavy (non-hydrogen) atoms. The van der Waals surface area contributed by atoms with E-state index in [9.17, 15) is 26.9 Å². The molecule has 0 spiro atoms. The molecule has 0 radical (unpaired) electrons. The van der Waals surface area contributed by atoms with Crippen LogP contribution in [0, 0.1) is 21.4 Å². The van der Waals surface area contributed by atoms with Gasteiger partial charge in [0.05, 0.1) is 26.3 Å². The van der Waals surface area contributed by atoms with Crippen molar-refractivity contribution in [3.8, 4) is 6.07 Å². The van der Waals surface area contributed by atoms with Crippen LogP contribution in [0.1, 0.15) is 5.56 Å². The molecule has 0 aliphatic heterocycles. The van der Waals surface area contributed by atoms with E-state index in [2.05, 4.69) is 0 Å².